The highest BCUT2D eigenvalue weighted by Crippen LogP contribution is 2.22. The molecule has 0 atom stereocenters. The van der Waals surface area contributed by atoms with Crippen molar-refractivity contribution in [2.24, 2.45) is 0 Å². The van der Waals surface area contributed by atoms with Crippen molar-refractivity contribution >= 4 is 5.91 Å². The predicted molar refractivity (Wildman–Crippen MR) is 73.3 cm³/mol. The number of aliphatic hydroxyl groups is 1. The molecular formula is C15H21NO3. The van der Waals surface area contributed by atoms with Crippen LogP contribution in [0.5, 0.6) is 0 Å². The Labute approximate surface area is 113 Å². The zero-order valence-corrected chi connectivity index (χ0v) is 11.2. The van der Waals surface area contributed by atoms with Gasteiger partial charge in [0.1, 0.15) is 0 Å². The molecule has 1 aromatic rings. The van der Waals surface area contributed by atoms with Crippen LogP contribution in [0.4, 0.5) is 0 Å². The normalized spacial score (nSPS) is 13.9. The Morgan fingerprint density at radius 1 is 1.21 bits per heavy atom. The lowest BCUT2D eigenvalue weighted by Crippen LogP contribution is -2.27. The van der Waals surface area contributed by atoms with E-state index in [0.717, 1.165) is 18.4 Å². The second kappa shape index (κ2) is 7.26. The first-order valence-electron chi connectivity index (χ1n) is 6.90. The van der Waals surface area contributed by atoms with Crippen molar-refractivity contribution in [1.82, 2.24) is 5.32 Å². The Bertz CT molecular complexity index is 431. The van der Waals surface area contributed by atoms with Gasteiger partial charge in [-0.3, -0.25) is 4.79 Å². The number of nitrogens with one attached hydrogen (secondary N) is 1. The molecule has 0 aromatic heterocycles. The molecule has 0 radical (unpaired) electrons. The summed E-state index contributed by atoms with van der Waals surface area (Å²) in [7, 11) is 0. The summed E-state index contributed by atoms with van der Waals surface area (Å²) in [5.41, 5.74) is 3.42. The Kier molecular flexibility index (Phi) is 5.36. The number of aryl methyl sites for hydroxylation is 2. The molecule has 4 nitrogen and oxygen atoms in total. The van der Waals surface area contributed by atoms with Gasteiger partial charge in [0.25, 0.3) is 5.91 Å². The highest BCUT2D eigenvalue weighted by Gasteiger charge is 2.12. The van der Waals surface area contributed by atoms with Crippen molar-refractivity contribution in [3.63, 3.8) is 0 Å². The molecule has 0 saturated carbocycles. The van der Waals surface area contributed by atoms with Gasteiger partial charge in [0.05, 0.1) is 19.8 Å². The number of aliphatic hydroxyl groups excluding tert-OH is 1. The van der Waals surface area contributed by atoms with Gasteiger partial charge in [-0.1, -0.05) is 6.07 Å². The van der Waals surface area contributed by atoms with E-state index in [0.29, 0.717) is 19.8 Å². The zero-order valence-electron chi connectivity index (χ0n) is 11.2. The summed E-state index contributed by atoms with van der Waals surface area (Å²) < 4.78 is 5.09. The van der Waals surface area contributed by atoms with Crippen LogP contribution >= 0.6 is 0 Å². The van der Waals surface area contributed by atoms with E-state index in [1.165, 1.54) is 24.0 Å². The van der Waals surface area contributed by atoms with E-state index in [1.54, 1.807) is 0 Å². The van der Waals surface area contributed by atoms with Gasteiger partial charge >= 0.3 is 0 Å². The van der Waals surface area contributed by atoms with E-state index in [9.17, 15) is 4.79 Å². The minimum Gasteiger partial charge on any atom is -0.394 e. The van der Waals surface area contributed by atoms with Gasteiger partial charge in [0.2, 0.25) is 0 Å². The van der Waals surface area contributed by atoms with Crippen molar-refractivity contribution in [3.8, 4) is 0 Å². The third kappa shape index (κ3) is 4.04. The quantitative estimate of drug-likeness (QED) is 0.761. The van der Waals surface area contributed by atoms with E-state index in [4.69, 9.17) is 9.84 Å². The van der Waals surface area contributed by atoms with Gasteiger partial charge in [-0.25, -0.2) is 0 Å². The van der Waals surface area contributed by atoms with Crippen LogP contribution in [-0.4, -0.2) is 37.4 Å². The second-order valence-corrected chi connectivity index (χ2v) is 4.78. The highest BCUT2D eigenvalue weighted by molar-refractivity contribution is 5.94. The topological polar surface area (TPSA) is 58.6 Å². The molecular weight excluding hydrogens is 242 g/mol. The summed E-state index contributed by atoms with van der Waals surface area (Å²) in [4.78, 5) is 11.9. The van der Waals surface area contributed by atoms with Gasteiger partial charge in [0.15, 0.2) is 0 Å². The molecule has 104 valence electrons. The van der Waals surface area contributed by atoms with Crippen LogP contribution < -0.4 is 5.32 Å². The molecule has 1 aliphatic rings. The molecule has 0 spiro atoms. The van der Waals surface area contributed by atoms with Gasteiger partial charge in [-0.2, -0.15) is 0 Å². The van der Waals surface area contributed by atoms with Crippen molar-refractivity contribution in [3.05, 3.63) is 34.9 Å². The molecule has 0 unspecified atom stereocenters. The van der Waals surface area contributed by atoms with Crippen LogP contribution in [-0.2, 0) is 17.6 Å². The summed E-state index contributed by atoms with van der Waals surface area (Å²) in [5, 5.41) is 11.4. The number of benzene rings is 1. The van der Waals surface area contributed by atoms with Crippen LogP contribution in [0.2, 0.25) is 0 Å². The standard InChI is InChI=1S/C15H21NO3/c17-8-10-19-9-7-16-15(18)14-6-5-12-3-1-2-4-13(12)11-14/h5-6,11,17H,1-4,7-10H2,(H,16,18). The first-order valence-corrected chi connectivity index (χ1v) is 6.90. The molecule has 1 amide bonds. The fourth-order valence-electron chi connectivity index (χ4n) is 2.38. The Morgan fingerprint density at radius 2 is 2.00 bits per heavy atom. The Morgan fingerprint density at radius 3 is 2.79 bits per heavy atom. The maximum absolute atomic E-state index is 11.9. The molecule has 1 aromatic carbocycles. The number of rotatable bonds is 6. The molecule has 0 fully saturated rings. The Balaban J connectivity index is 1.85. The van der Waals surface area contributed by atoms with Crippen LogP contribution in [0.1, 0.15) is 34.3 Å². The molecule has 0 saturated heterocycles. The zero-order chi connectivity index (χ0) is 13.5. The molecule has 0 aliphatic heterocycles. The monoisotopic (exact) mass is 263 g/mol. The molecule has 2 rings (SSSR count). The summed E-state index contributed by atoms with van der Waals surface area (Å²) >= 11 is 0. The lowest BCUT2D eigenvalue weighted by Gasteiger charge is -2.16. The highest BCUT2D eigenvalue weighted by atomic mass is 16.5. The van der Waals surface area contributed by atoms with E-state index in [-0.39, 0.29) is 12.5 Å². The number of hydrogen-bond donors (Lipinski definition) is 2. The van der Waals surface area contributed by atoms with Gasteiger partial charge < -0.3 is 15.2 Å². The molecule has 0 bridgehead atoms. The molecule has 0 heterocycles. The lowest BCUT2D eigenvalue weighted by molar-refractivity contribution is 0.0838. The summed E-state index contributed by atoms with van der Waals surface area (Å²) in [6, 6.07) is 5.98. The number of carbonyl (C=O) groups is 1. The minimum atomic E-state index is -0.0547. The summed E-state index contributed by atoms with van der Waals surface area (Å²) in [6.45, 7) is 1.22. The van der Waals surface area contributed by atoms with Crippen molar-refractivity contribution in [2.45, 2.75) is 25.7 Å². The van der Waals surface area contributed by atoms with E-state index in [2.05, 4.69) is 11.4 Å². The minimum absolute atomic E-state index is 0.0127. The first-order chi connectivity index (χ1) is 9.31. The van der Waals surface area contributed by atoms with Crippen LogP contribution in [0.25, 0.3) is 0 Å². The van der Waals surface area contributed by atoms with Gasteiger partial charge in [-0.05, 0) is 48.9 Å². The average Bonchev–Trinajstić information content (AvgIpc) is 2.46. The second-order valence-electron chi connectivity index (χ2n) is 4.78. The molecule has 1 aliphatic carbocycles. The average molecular weight is 263 g/mol. The fraction of sp³-hybridized carbons (Fsp3) is 0.533. The number of carbonyl (C=O) groups excluding carboxylic acids is 1. The third-order valence-electron chi connectivity index (χ3n) is 3.38. The van der Waals surface area contributed by atoms with Crippen molar-refractivity contribution in [2.75, 3.05) is 26.4 Å². The van der Waals surface area contributed by atoms with Crippen molar-refractivity contribution in [1.29, 1.82) is 0 Å². The first kappa shape index (κ1) is 14.0. The largest absolute Gasteiger partial charge is 0.394 e. The molecule has 2 N–H and O–H groups in total. The van der Waals surface area contributed by atoms with E-state index in [1.807, 2.05) is 12.1 Å². The maximum atomic E-state index is 11.9. The molecule has 4 heteroatoms. The number of hydrogen-bond acceptors (Lipinski definition) is 3. The number of amides is 1. The van der Waals surface area contributed by atoms with Gasteiger partial charge in [-0.15, -0.1) is 0 Å². The van der Waals surface area contributed by atoms with Crippen LogP contribution in [0.3, 0.4) is 0 Å². The van der Waals surface area contributed by atoms with Crippen LogP contribution in [0, 0.1) is 0 Å². The van der Waals surface area contributed by atoms with Crippen LogP contribution in [0.15, 0.2) is 18.2 Å². The fourth-order valence-corrected chi connectivity index (χ4v) is 2.38. The Hall–Kier alpha value is -1.39. The number of fused-ring (bicyclic) bond motifs is 1. The van der Waals surface area contributed by atoms with E-state index >= 15 is 0 Å². The summed E-state index contributed by atoms with van der Waals surface area (Å²) in [5.74, 6) is -0.0547. The summed E-state index contributed by atoms with van der Waals surface area (Å²) in [6.07, 6.45) is 4.68. The maximum Gasteiger partial charge on any atom is 0.251 e. The smallest absolute Gasteiger partial charge is 0.251 e. The SMILES string of the molecule is O=C(NCCOCCO)c1ccc2c(c1)CCCC2. The van der Waals surface area contributed by atoms with Gasteiger partial charge in [0, 0.05) is 12.1 Å². The van der Waals surface area contributed by atoms with Crippen molar-refractivity contribution < 1.29 is 14.6 Å². The number of ether oxygens (including phenoxy) is 1. The lowest BCUT2D eigenvalue weighted by atomic mass is 9.90. The predicted octanol–water partition coefficient (Wildman–Crippen LogP) is 1.30. The third-order valence-corrected chi connectivity index (χ3v) is 3.38. The van der Waals surface area contributed by atoms with E-state index < -0.39 is 0 Å². The molecule has 19 heavy (non-hydrogen) atoms.